The molecule has 0 fully saturated rings. The molecule has 8 heteroatoms. The Morgan fingerprint density at radius 1 is 1.48 bits per heavy atom. The Bertz CT molecular complexity index is 680. The number of nitrogens with two attached hydrogens (primary N) is 1. The van der Waals surface area contributed by atoms with Gasteiger partial charge < -0.3 is 9.15 Å². The van der Waals surface area contributed by atoms with E-state index in [1.54, 1.807) is 19.1 Å². The molecule has 0 aliphatic carbocycles. The summed E-state index contributed by atoms with van der Waals surface area (Å²) in [5.74, 6) is 4.90. The van der Waals surface area contributed by atoms with Gasteiger partial charge in [-0.3, -0.25) is 20.3 Å². The quantitative estimate of drug-likeness (QED) is 0.374. The van der Waals surface area contributed by atoms with Gasteiger partial charge >= 0.3 is 5.69 Å². The smallest absolute Gasteiger partial charge is 0.311 e. The van der Waals surface area contributed by atoms with Gasteiger partial charge in [-0.2, -0.15) is 0 Å². The van der Waals surface area contributed by atoms with E-state index < -0.39 is 10.8 Å². The first kappa shape index (κ1) is 14.5. The zero-order valence-electron chi connectivity index (χ0n) is 11.2. The number of nitrogens with one attached hydrogen (secondary N) is 1. The SMILES string of the molecule is Cc1cccc([N+](=O)[O-])c1OCc1occc1C(=O)NN. The van der Waals surface area contributed by atoms with Gasteiger partial charge in [-0.1, -0.05) is 12.1 Å². The largest absolute Gasteiger partial charge is 0.478 e. The summed E-state index contributed by atoms with van der Waals surface area (Å²) in [6.45, 7) is 1.57. The number of para-hydroxylation sites is 1. The van der Waals surface area contributed by atoms with Gasteiger partial charge in [0.15, 0.2) is 5.76 Å². The molecule has 0 unspecified atom stereocenters. The van der Waals surface area contributed by atoms with Gasteiger partial charge in [0.25, 0.3) is 5.91 Å². The number of nitrogen functional groups attached to an aromatic ring is 1. The zero-order chi connectivity index (χ0) is 15.4. The fourth-order valence-corrected chi connectivity index (χ4v) is 1.84. The van der Waals surface area contributed by atoms with Crippen molar-refractivity contribution < 1.29 is 18.9 Å². The number of aryl methyl sites for hydroxylation is 1. The standard InChI is InChI=1S/C13H13N3O5/c1-8-3-2-4-10(16(18)19)12(8)21-7-11-9(5-6-20-11)13(17)15-14/h2-6H,7,14H2,1H3,(H,15,17). The number of carbonyl (C=O) groups excluding carboxylic acids is 1. The minimum Gasteiger partial charge on any atom is -0.478 e. The maximum absolute atomic E-state index is 11.5. The highest BCUT2D eigenvalue weighted by atomic mass is 16.6. The molecule has 21 heavy (non-hydrogen) atoms. The molecule has 2 aromatic rings. The number of carbonyl (C=O) groups is 1. The third kappa shape index (κ3) is 3.00. The normalized spacial score (nSPS) is 10.2. The number of benzene rings is 1. The van der Waals surface area contributed by atoms with Crippen LogP contribution in [0.5, 0.6) is 5.75 Å². The van der Waals surface area contributed by atoms with Crippen molar-refractivity contribution in [2.75, 3.05) is 0 Å². The van der Waals surface area contributed by atoms with Gasteiger partial charge in [-0.05, 0) is 18.6 Å². The van der Waals surface area contributed by atoms with E-state index in [-0.39, 0.29) is 29.4 Å². The van der Waals surface area contributed by atoms with E-state index in [2.05, 4.69) is 0 Å². The van der Waals surface area contributed by atoms with E-state index in [9.17, 15) is 14.9 Å². The summed E-state index contributed by atoms with van der Waals surface area (Å²) in [7, 11) is 0. The van der Waals surface area contributed by atoms with E-state index in [4.69, 9.17) is 15.0 Å². The molecule has 0 aliphatic heterocycles. The molecule has 3 N–H and O–H groups in total. The Hall–Kier alpha value is -2.87. The number of hydrogen-bond donors (Lipinski definition) is 2. The van der Waals surface area contributed by atoms with Gasteiger partial charge in [-0.15, -0.1) is 0 Å². The summed E-state index contributed by atoms with van der Waals surface area (Å²) in [6.07, 6.45) is 1.32. The molecule has 110 valence electrons. The Kier molecular flexibility index (Phi) is 4.19. The second-order valence-electron chi connectivity index (χ2n) is 4.20. The molecule has 1 heterocycles. The Morgan fingerprint density at radius 2 is 2.24 bits per heavy atom. The summed E-state index contributed by atoms with van der Waals surface area (Å²) in [5, 5.41) is 11.0. The summed E-state index contributed by atoms with van der Waals surface area (Å²) in [6, 6.07) is 6.05. The van der Waals surface area contributed by atoms with Crippen molar-refractivity contribution in [1.29, 1.82) is 0 Å². The lowest BCUT2D eigenvalue weighted by Gasteiger charge is -2.09. The highest BCUT2D eigenvalue weighted by molar-refractivity contribution is 5.94. The van der Waals surface area contributed by atoms with Crippen molar-refractivity contribution in [1.82, 2.24) is 5.43 Å². The van der Waals surface area contributed by atoms with E-state index in [1.807, 2.05) is 5.43 Å². The predicted molar refractivity (Wildman–Crippen MR) is 72.5 cm³/mol. The van der Waals surface area contributed by atoms with Crippen LogP contribution in [0.15, 0.2) is 34.9 Å². The van der Waals surface area contributed by atoms with Crippen molar-refractivity contribution in [3.8, 4) is 5.75 Å². The van der Waals surface area contributed by atoms with Crippen molar-refractivity contribution in [3.05, 3.63) is 57.5 Å². The maximum atomic E-state index is 11.5. The van der Waals surface area contributed by atoms with E-state index >= 15 is 0 Å². The van der Waals surface area contributed by atoms with Gasteiger partial charge in [0.1, 0.15) is 6.61 Å². The third-order valence-corrected chi connectivity index (χ3v) is 2.86. The molecule has 1 amide bonds. The number of furan rings is 1. The lowest BCUT2D eigenvalue weighted by Crippen LogP contribution is -2.30. The fourth-order valence-electron chi connectivity index (χ4n) is 1.84. The first-order valence-electron chi connectivity index (χ1n) is 5.98. The lowest BCUT2D eigenvalue weighted by molar-refractivity contribution is -0.386. The van der Waals surface area contributed by atoms with Crippen molar-refractivity contribution >= 4 is 11.6 Å². The Labute approximate surface area is 119 Å². The molecule has 0 atom stereocenters. The highest BCUT2D eigenvalue weighted by Gasteiger charge is 2.19. The number of rotatable bonds is 5. The average molecular weight is 291 g/mol. The van der Waals surface area contributed by atoms with Gasteiger partial charge in [-0.25, -0.2) is 5.84 Å². The number of nitro groups is 1. The van der Waals surface area contributed by atoms with E-state index in [0.29, 0.717) is 5.56 Å². The van der Waals surface area contributed by atoms with Crippen molar-refractivity contribution in [3.63, 3.8) is 0 Å². The van der Waals surface area contributed by atoms with Crippen molar-refractivity contribution in [2.24, 2.45) is 5.84 Å². The van der Waals surface area contributed by atoms with Crippen LogP contribution in [0, 0.1) is 17.0 Å². The fraction of sp³-hybridized carbons (Fsp3) is 0.154. The number of nitrogens with zero attached hydrogens (tertiary/aromatic N) is 1. The van der Waals surface area contributed by atoms with Crippen LogP contribution in [0.25, 0.3) is 0 Å². The average Bonchev–Trinajstić information content (AvgIpc) is 2.93. The molecule has 0 saturated heterocycles. The summed E-state index contributed by atoms with van der Waals surface area (Å²) < 4.78 is 10.6. The van der Waals surface area contributed by atoms with Crippen LogP contribution >= 0.6 is 0 Å². The van der Waals surface area contributed by atoms with E-state index in [0.717, 1.165) is 0 Å². The molecular weight excluding hydrogens is 278 g/mol. The first-order chi connectivity index (χ1) is 10.0. The lowest BCUT2D eigenvalue weighted by atomic mass is 10.2. The molecule has 0 aliphatic rings. The molecule has 0 spiro atoms. The molecule has 2 rings (SSSR count). The Morgan fingerprint density at radius 3 is 2.90 bits per heavy atom. The maximum Gasteiger partial charge on any atom is 0.311 e. The van der Waals surface area contributed by atoms with Gasteiger partial charge in [0.05, 0.1) is 16.7 Å². The number of ether oxygens (including phenoxy) is 1. The predicted octanol–water partition coefficient (Wildman–Crippen LogP) is 1.68. The van der Waals surface area contributed by atoms with Crippen LogP contribution in [0.1, 0.15) is 21.7 Å². The molecule has 0 radical (unpaired) electrons. The second-order valence-corrected chi connectivity index (χ2v) is 4.20. The van der Waals surface area contributed by atoms with Gasteiger partial charge in [0.2, 0.25) is 5.75 Å². The van der Waals surface area contributed by atoms with E-state index in [1.165, 1.54) is 18.4 Å². The second kappa shape index (κ2) is 6.06. The molecular formula is C13H13N3O5. The molecule has 0 saturated carbocycles. The molecule has 1 aromatic carbocycles. The summed E-state index contributed by atoms with van der Waals surface area (Å²) >= 11 is 0. The minimum absolute atomic E-state index is 0.124. The van der Waals surface area contributed by atoms with Crippen LogP contribution in [-0.4, -0.2) is 10.8 Å². The topological polar surface area (TPSA) is 121 Å². The number of nitro benzene ring substituents is 1. The summed E-state index contributed by atoms with van der Waals surface area (Å²) in [5.41, 5.74) is 2.67. The number of amides is 1. The van der Waals surface area contributed by atoms with Crippen LogP contribution in [0.4, 0.5) is 5.69 Å². The molecule has 8 nitrogen and oxygen atoms in total. The van der Waals surface area contributed by atoms with Crippen LogP contribution < -0.4 is 16.0 Å². The number of hydrogen-bond acceptors (Lipinski definition) is 6. The third-order valence-electron chi connectivity index (χ3n) is 2.86. The van der Waals surface area contributed by atoms with Crippen LogP contribution in [-0.2, 0) is 6.61 Å². The first-order valence-corrected chi connectivity index (χ1v) is 5.98. The molecule has 0 bridgehead atoms. The minimum atomic E-state index is -0.530. The van der Waals surface area contributed by atoms with Gasteiger partial charge in [0, 0.05) is 6.07 Å². The number of hydrazine groups is 1. The highest BCUT2D eigenvalue weighted by Crippen LogP contribution is 2.31. The van der Waals surface area contributed by atoms with Crippen LogP contribution in [0.2, 0.25) is 0 Å². The van der Waals surface area contributed by atoms with Crippen molar-refractivity contribution in [2.45, 2.75) is 13.5 Å². The monoisotopic (exact) mass is 291 g/mol. The van der Waals surface area contributed by atoms with Crippen LogP contribution in [0.3, 0.4) is 0 Å². The Balaban J connectivity index is 2.23. The summed E-state index contributed by atoms with van der Waals surface area (Å²) in [4.78, 5) is 21.9. The zero-order valence-corrected chi connectivity index (χ0v) is 11.2. The molecule has 1 aromatic heterocycles.